The minimum Gasteiger partial charge on any atom is -0.493 e. The van der Waals surface area contributed by atoms with Gasteiger partial charge in [0.05, 0.1) is 20.8 Å². The molecule has 3 aromatic rings. The minimum absolute atomic E-state index is 0.682. The van der Waals surface area contributed by atoms with Gasteiger partial charge in [-0.1, -0.05) is 43.3 Å². The Bertz CT molecular complexity index is 877. The third-order valence-corrected chi connectivity index (χ3v) is 4.53. The van der Waals surface area contributed by atoms with Crippen LogP contribution in [0.4, 0.5) is 0 Å². The third kappa shape index (κ3) is 4.89. The van der Waals surface area contributed by atoms with E-state index >= 15 is 0 Å². The Hall–Kier alpha value is -2.86. The van der Waals surface area contributed by atoms with Gasteiger partial charge < -0.3 is 14.8 Å². The highest BCUT2D eigenvalue weighted by molar-refractivity contribution is 5.60. The van der Waals surface area contributed by atoms with E-state index in [-0.39, 0.29) is 0 Å². The first-order valence-corrected chi connectivity index (χ1v) is 9.66. The standard InChI is InChI=1S/C22H28N4O2/c1-4-14-26-24-19(22(25-26)18-8-6-5-7-9-18)16-23-13-12-17-10-11-20(27-2)21(15-17)28-3/h5-11,15,23H,4,12-14,16H2,1-3H3. The van der Waals surface area contributed by atoms with Crippen LogP contribution in [0.3, 0.4) is 0 Å². The van der Waals surface area contributed by atoms with E-state index in [1.54, 1.807) is 19.0 Å². The second kappa shape index (κ2) is 9.90. The molecule has 0 atom stereocenters. The Balaban J connectivity index is 1.63. The van der Waals surface area contributed by atoms with E-state index in [4.69, 9.17) is 9.47 Å². The van der Waals surface area contributed by atoms with Crippen molar-refractivity contribution in [2.45, 2.75) is 32.9 Å². The van der Waals surface area contributed by atoms with Gasteiger partial charge in [-0.05, 0) is 37.1 Å². The van der Waals surface area contributed by atoms with Crippen molar-refractivity contribution in [2.75, 3.05) is 20.8 Å². The first-order chi connectivity index (χ1) is 13.7. The molecule has 2 aromatic carbocycles. The molecule has 3 rings (SSSR count). The molecule has 1 aromatic heterocycles. The van der Waals surface area contributed by atoms with E-state index in [1.165, 1.54) is 5.56 Å². The second-order valence-electron chi connectivity index (χ2n) is 6.57. The average Bonchev–Trinajstić information content (AvgIpc) is 3.14. The van der Waals surface area contributed by atoms with Crippen LogP contribution >= 0.6 is 0 Å². The van der Waals surface area contributed by atoms with Crippen LogP contribution in [0.15, 0.2) is 48.5 Å². The maximum atomic E-state index is 5.38. The van der Waals surface area contributed by atoms with Gasteiger partial charge in [0, 0.05) is 12.1 Å². The minimum atomic E-state index is 0.682. The highest BCUT2D eigenvalue weighted by Crippen LogP contribution is 2.27. The summed E-state index contributed by atoms with van der Waals surface area (Å²) in [5, 5.41) is 12.9. The molecule has 0 saturated carbocycles. The van der Waals surface area contributed by atoms with Crippen LogP contribution in [0.1, 0.15) is 24.6 Å². The lowest BCUT2D eigenvalue weighted by atomic mass is 10.1. The lowest BCUT2D eigenvalue weighted by molar-refractivity contribution is 0.354. The predicted octanol–water partition coefficient (Wildman–Crippen LogP) is 3.70. The molecule has 28 heavy (non-hydrogen) atoms. The Morgan fingerprint density at radius 1 is 0.964 bits per heavy atom. The molecular formula is C22H28N4O2. The molecule has 0 saturated heterocycles. The van der Waals surface area contributed by atoms with E-state index in [2.05, 4.69) is 40.6 Å². The van der Waals surface area contributed by atoms with Gasteiger partial charge in [-0.2, -0.15) is 15.0 Å². The molecule has 0 spiro atoms. The largest absolute Gasteiger partial charge is 0.493 e. The number of ether oxygens (including phenoxy) is 2. The Labute approximate surface area is 166 Å². The van der Waals surface area contributed by atoms with Crippen molar-refractivity contribution in [3.8, 4) is 22.8 Å². The first kappa shape index (κ1) is 19.9. The van der Waals surface area contributed by atoms with E-state index in [9.17, 15) is 0 Å². The Morgan fingerprint density at radius 2 is 1.75 bits per heavy atom. The average molecular weight is 380 g/mol. The van der Waals surface area contributed by atoms with Gasteiger partial charge >= 0.3 is 0 Å². The molecule has 0 aliphatic rings. The van der Waals surface area contributed by atoms with Crippen molar-refractivity contribution in [1.29, 1.82) is 0 Å². The molecule has 0 aliphatic carbocycles. The number of rotatable bonds is 10. The van der Waals surface area contributed by atoms with Crippen molar-refractivity contribution in [1.82, 2.24) is 20.3 Å². The number of nitrogens with zero attached hydrogens (tertiary/aromatic N) is 3. The van der Waals surface area contributed by atoms with Gasteiger partial charge in [0.25, 0.3) is 0 Å². The van der Waals surface area contributed by atoms with Gasteiger partial charge in [-0.3, -0.25) is 0 Å². The van der Waals surface area contributed by atoms with Gasteiger partial charge in [-0.15, -0.1) is 0 Å². The van der Waals surface area contributed by atoms with Crippen molar-refractivity contribution < 1.29 is 9.47 Å². The third-order valence-electron chi connectivity index (χ3n) is 4.53. The smallest absolute Gasteiger partial charge is 0.160 e. The highest BCUT2D eigenvalue weighted by atomic mass is 16.5. The van der Waals surface area contributed by atoms with E-state index in [0.717, 1.165) is 54.4 Å². The van der Waals surface area contributed by atoms with Crippen molar-refractivity contribution in [2.24, 2.45) is 0 Å². The molecule has 0 bridgehead atoms. The normalized spacial score (nSPS) is 10.8. The maximum Gasteiger partial charge on any atom is 0.160 e. The maximum absolute atomic E-state index is 5.38. The zero-order valence-corrected chi connectivity index (χ0v) is 16.8. The SMILES string of the molecule is CCCn1nc(CNCCc2ccc(OC)c(OC)c2)c(-c2ccccc2)n1. The number of hydrogen-bond acceptors (Lipinski definition) is 5. The Morgan fingerprint density at radius 3 is 2.46 bits per heavy atom. The summed E-state index contributed by atoms with van der Waals surface area (Å²) in [7, 11) is 3.31. The van der Waals surface area contributed by atoms with Gasteiger partial charge in [-0.25, -0.2) is 0 Å². The van der Waals surface area contributed by atoms with Gasteiger partial charge in [0.1, 0.15) is 11.4 Å². The molecule has 1 N–H and O–H groups in total. The number of nitrogens with one attached hydrogen (secondary N) is 1. The van der Waals surface area contributed by atoms with Crippen LogP contribution in [0.2, 0.25) is 0 Å². The summed E-state index contributed by atoms with van der Waals surface area (Å²) in [5.74, 6) is 1.51. The molecule has 0 unspecified atom stereocenters. The van der Waals surface area contributed by atoms with Crippen LogP contribution in [0, 0.1) is 0 Å². The zero-order chi connectivity index (χ0) is 19.8. The molecule has 1 heterocycles. The molecular weight excluding hydrogens is 352 g/mol. The number of aryl methyl sites for hydroxylation is 1. The van der Waals surface area contributed by atoms with Gasteiger partial charge in [0.2, 0.25) is 0 Å². The number of hydrogen-bond donors (Lipinski definition) is 1. The number of aromatic nitrogens is 3. The Kier molecular flexibility index (Phi) is 7.03. The fourth-order valence-corrected chi connectivity index (χ4v) is 3.10. The fraction of sp³-hybridized carbons (Fsp3) is 0.364. The first-order valence-electron chi connectivity index (χ1n) is 9.66. The van der Waals surface area contributed by atoms with E-state index in [0.29, 0.717) is 6.54 Å². The van der Waals surface area contributed by atoms with Crippen molar-refractivity contribution in [3.63, 3.8) is 0 Å². The van der Waals surface area contributed by atoms with Crippen LogP contribution in [-0.2, 0) is 19.5 Å². The van der Waals surface area contributed by atoms with Crippen LogP contribution in [0.5, 0.6) is 11.5 Å². The van der Waals surface area contributed by atoms with E-state index in [1.807, 2.05) is 30.3 Å². The van der Waals surface area contributed by atoms with Crippen molar-refractivity contribution >= 4 is 0 Å². The summed E-state index contributed by atoms with van der Waals surface area (Å²) >= 11 is 0. The zero-order valence-electron chi connectivity index (χ0n) is 16.8. The monoisotopic (exact) mass is 380 g/mol. The van der Waals surface area contributed by atoms with Crippen LogP contribution in [-0.4, -0.2) is 35.8 Å². The molecule has 0 fully saturated rings. The molecule has 6 heteroatoms. The lowest BCUT2D eigenvalue weighted by Crippen LogP contribution is -2.17. The summed E-state index contributed by atoms with van der Waals surface area (Å²) in [4.78, 5) is 1.80. The summed E-state index contributed by atoms with van der Waals surface area (Å²) in [6, 6.07) is 16.3. The highest BCUT2D eigenvalue weighted by Gasteiger charge is 2.12. The molecule has 0 radical (unpaired) electrons. The topological polar surface area (TPSA) is 61.2 Å². The quantitative estimate of drug-likeness (QED) is 0.544. The lowest BCUT2D eigenvalue weighted by Gasteiger charge is -2.10. The number of benzene rings is 2. The summed E-state index contributed by atoms with van der Waals surface area (Å²) in [5.41, 5.74) is 4.23. The van der Waals surface area contributed by atoms with E-state index < -0.39 is 0 Å². The second-order valence-corrected chi connectivity index (χ2v) is 6.57. The molecule has 148 valence electrons. The molecule has 0 aliphatic heterocycles. The van der Waals surface area contributed by atoms with Gasteiger partial charge in [0.15, 0.2) is 11.5 Å². The van der Waals surface area contributed by atoms with Crippen LogP contribution < -0.4 is 14.8 Å². The summed E-state index contributed by atoms with van der Waals surface area (Å²) in [6.45, 7) is 4.48. The fourth-order valence-electron chi connectivity index (χ4n) is 3.10. The summed E-state index contributed by atoms with van der Waals surface area (Å²) in [6.07, 6.45) is 1.90. The van der Waals surface area contributed by atoms with Crippen LogP contribution in [0.25, 0.3) is 11.3 Å². The molecule has 0 amide bonds. The molecule has 6 nitrogen and oxygen atoms in total. The predicted molar refractivity (Wildman–Crippen MR) is 111 cm³/mol. The summed E-state index contributed by atoms with van der Waals surface area (Å²) < 4.78 is 10.7. The van der Waals surface area contributed by atoms with Crippen molar-refractivity contribution in [3.05, 3.63) is 59.8 Å². The number of methoxy groups -OCH3 is 2.